The Kier molecular flexibility index (Phi) is 7.61. The lowest BCUT2D eigenvalue weighted by molar-refractivity contribution is -0.126. The highest BCUT2D eigenvalue weighted by molar-refractivity contribution is 7.89. The number of unbranched alkanes of at least 4 members (excludes halogenated alkanes) is 1. The Morgan fingerprint density at radius 3 is 2.35 bits per heavy atom. The van der Waals surface area contributed by atoms with Crippen molar-refractivity contribution in [3.8, 4) is 0 Å². The molecule has 0 aromatic heterocycles. The minimum atomic E-state index is -3.49. The highest BCUT2D eigenvalue weighted by atomic mass is 32.2. The van der Waals surface area contributed by atoms with Gasteiger partial charge in [-0.1, -0.05) is 26.0 Å². The number of nitrogens with two attached hydrogens (primary N) is 1. The maximum absolute atomic E-state index is 12.8. The van der Waals surface area contributed by atoms with Gasteiger partial charge in [-0.3, -0.25) is 4.79 Å². The number of hydrogen-bond donors (Lipinski definition) is 2. The fraction of sp³-hybridized carbons (Fsp3) is 0.632. The molecule has 1 amide bonds. The van der Waals surface area contributed by atoms with E-state index in [2.05, 4.69) is 19.2 Å². The lowest BCUT2D eigenvalue weighted by Crippen LogP contribution is -2.43. The molecule has 1 fully saturated rings. The standard InChI is InChI=1S/C19H31N3O3S/c1-15(2)16-5-7-18(8-6-16)26(24,25)22-13-9-17(10-14-22)19(23)21-12-4-3-11-20/h5-8,15,17H,3-4,9-14,20H2,1-2H3,(H,21,23). The summed E-state index contributed by atoms with van der Waals surface area (Å²) in [6.07, 6.45) is 2.90. The molecule has 0 bridgehead atoms. The molecule has 7 heteroatoms. The highest BCUT2D eigenvalue weighted by Gasteiger charge is 2.31. The maximum Gasteiger partial charge on any atom is 0.243 e. The van der Waals surface area contributed by atoms with Crippen molar-refractivity contribution >= 4 is 15.9 Å². The summed E-state index contributed by atoms with van der Waals surface area (Å²) in [4.78, 5) is 12.5. The van der Waals surface area contributed by atoms with Crippen LogP contribution in [0.15, 0.2) is 29.2 Å². The number of piperidine rings is 1. The summed E-state index contributed by atoms with van der Waals surface area (Å²) < 4.78 is 27.1. The number of nitrogens with one attached hydrogen (secondary N) is 1. The van der Waals surface area contributed by atoms with Crippen LogP contribution in [0.5, 0.6) is 0 Å². The number of amides is 1. The van der Waals surface area contributed by atoms with E-state index < -0.39 is 10.0 Å². The second kappa shape index (κ2) is 9.48. The van der Waals surface area contributed by atoms with Crippen LogP contribution in [0.1, 0.15) is 51.0 Å². The fourth-order valence-electron chi connectivity index (χ4n) is 3.16. The molecule has 1 aliphatic rings. The predicted molar refractivity (Wildman–Crippen MR) is 103 cm³/mol. The van der Waals surface area contributed by atoms with Crippen LogP contribution in [0.25, 0.3) is 0 Å². The van der Waals surface area contributed by atoms with E-state index in [9.17, 15) is 13.2 Å². The van der Waals surface area contributed by atoms with E-state index in [0.717, 1.165) is 18.4 Å². The lowest BCUT2D eigenvalue weighted by Gasteiger charge is -2.30. The first-order valence-corrected chi connectivity index (χ1v) is 10.9. The molecule has 26 heavy (non-hydrogen) atoms. The lowest BCUT2D eigenvalue weighted by atomic mass is 9.97. The van der Waals surface area contributed by atoms with Crippen LogP contribution in [0.4, 0.5) is 0 Å². The number of benzene rings is 1. The van der Waals surface area contributed by atoms with Crippen molar-refractivity contribution in [1.29, 1.82) is 0 Å². The molecule has 2 rings (SSSR count). The summed E-state index contributed by atoms with van der Waals surface area (Å²) >= 11 is 0. The Balaban J connectivity index is 1.90. The molecular weight excluding hydrogens is 350 g/mol. The zero-order valence-electron chi connectivity index (χ0n) is 15.8. The molecule has 0 saturated carbocycles. The number of carbonyl (C=O) groups is 1. The van der Waals surface area contributed by atoms with E-state index in [4.69, 9.17) is 5.73 Å². The van der Waals surface area contributed by atoms with Crippen molar-refractivity contribution in [3.63, 3.8) is 0 Å². The third-order valence-corrected chi connectivity index (χ3v) is 6.85. The molecule has 3 N–H and O–H groups in total. The van der Waals surface area contributed by atoms with Crippen LogP contribution in [0, 0.1) is 5.92 Å². The van der Waals surface area contributed by atoms with Crippen molar-refractivity contribution in [3.05, 3.63) is 29.8 Å². The Bertz CT molecular complexity index is 678. The molecule has 0 spiro atoms. The number of carbonyl (C=O) groups excluding carboxylic acids is 1. The third-order valence-electron chi connectivity index (χ3n) is 4.94. The molecule has 0 unspecified atom stereocenters. The zero-order valence-corrected chi connectivity index (χ0v) is 16.6. The van der Waals surface area contributed by atoms with Crippen molar-refractivity contribution in [1.82, 2.24) is 9.62 Å². The van der Waals surface area contributed by atoms with E-state index >= 15 is 0 Å². The number of sulfonamides is 1. The Labute approximate surface area is 157 Å². The Morgan fingerprint density at radius 1 is 1.19 bits per heavy atom. The minimum Gasteiger partial charge on any atom is -0.356 e. The Morgan fingerprint density at radius 2 is 1.81 bits per heavy atom. The average molecular weight is 382 g/mol. The van der Waals surface area contributed by atoms with Crippen LogP contribution in [-0.2, 0) is 14.8 Å². The van der Waals surface area contributed by atoms with Crippen LogP contribution in [0.2, 0.25) is 0 Å². The zero-order chi connectivity index (χ0) is 19.2. The number of rotatable bonds is 8. The SMILES string of the molecule is CC(C)c1ccc(S(=O)(=O)N2CCC(C(=O)NCCCCN)CC2)cc1. The van der Waals surface area contributed by atoms with E-state index in [1.54, 1.807) is 12.1 Å². The molecule has 1 heterocycles. The van der Waals surface area contributed by atoms with Crippen LogP contribution in [0.3, 0.4) is 0 Å². The summed E-state index contributed by atoms with van der Waals surface area (Å²) in [7, 11) is -3.49. The number of nitrogens with zero attached hydrogens (tertiary/aromatic N) is 1. The molecular formula is C19H31N3O3S. The van der Waals surface area contributed by atoms with Gasteiger partial charge in [0.2, 0.25) is 15.9 Å². The molecule has 1 aromatic rings. The predicted octanol–water partition coefficient (Wildman–Crippen LogP) is 2.07. The summed E-state index contributed by atoms with van der Waals surface area (Å²) in [5, 5.41) is 2.93. The highest BCUT2D eigenvalue weighted by Crippen LogP contribution is 2.25. The van der Waals surface area contributed by atoms with Gasteiger partial charge < -0.3 is 11.1 Å². The first-order chi connectivity index (χ1) is 12.4. The van der Waals surface area contributed by atoms with E-state index in [1.165, 1.54) is 4.31 Å². The van der Waals surface area contributed by atoms with Gasteiger partial charge in [-0.25, -0.2) is 8.42 Å². The van der Waals surface area contributed by atoms with Crippen molar-refractivity contribution in [2.75, 3.05) is 26.2 Å². The van der Waals surface area contributed by atoms with Gasteiger partial charge in [0.25, 0.3) is 0 Å². The molecule has 0 atom stereocenters. The van der Waals surface area contributed by atoms with E-state index in [-0.39, 0.29) is 11.8 Å². The quantitative estimate of drug-likeness (QED) is 0.674. The maximum atomic E-state index is 12.8. The first kappa shape index (κ1) is 20.9. The normalized spacial score (nSPS) is 16.8. The summed E-state index contributed by atoms with van der Waals surface area (Å²) in [6.45, 7) is 6.19. The molecule has 0 radical (unpaired) electrons. The summed E-state index contributed by atoms with van der Waals surface area (Å²) in [6, 6.07) is 7.11. The number of hydrogen-bond acceptors (Lipinski definition) is 4. The van der Waals surface area contributed by atoms with Crippen LogP contribution >= 0.6 is 0 Å². The van der Waals surface area contributed by atoms with Crippen molar-refractivity contribution in [2.45, 2.75) is 50.3 Å². The van der Waals surface area contributed by atoms with Gasteiger partial charge in [-0.2, -0.15) is 4.31 Å². The minimum absolute atomic E-state index is 0.0281. The van der Waals surface area contributed by atoms with Gasteiger partial charge in [-0.05, 0) is 55.8 Å². The third kappa shape index (κ3) is 5.28. The van der Waals surface area contributed by atoms with Gasteiger partial charge in [0, 0.05) is 25.6 Å². The second-order valence-electron chi connectivity index (χ2n) is 7.19. The molecule has 1 saturated heterocycles. The fourth-order valence-corrected chi connectivity index (χ4v) is 4.63. The first-order valence-electron chi connectivity index (χ1n) is 9.44. The van der Waals surface area contributed by atoms with Gasteiger partial charge >= 0.3 is 0 Å². The molecule has 1 aromatic carbocycles. The van der Waals surface area contributed by atoms with Crippen molar-refractivity contribution < 1.29 is 13.2 Å². The molecule has 6 nitrogen and oxygen atoms in total. The Hall–Kier alpha value is -1.44. The molecule has 146 valence electrons. The van der Waals surface area contributed by atoms with E-state index in [1.807, 2.05) is 12.1 Å². The second-order valence-corrected chi connectivity index (χ2v) is 9.13. The van der Waals surface area contributed by atoms with Gasteiger partial charge in [0.1, 0.15) is 0 Å². The monoisotopic (exact) mass is 381 g/mol. The van der Waals surface area contributed by atoms with E-state index in [0.29, 0.717) is 49.8 Å². The van der Waals surface area contributed by atoms with Crippen LogP contribution in [-0.4, -0.2) is 44.8 Å². The van der Waals surface area contributed by atoms with Gasteiger partial charge in [-0.15, -0.1) is 0 Å². The summed E-state index contributed by atoms with van der Waals surface area (Å²) in [5.41, 5.74) is 6.56. The average Bonchev–Trinajstić information content (AvgIpc) is 2.65. The summed E-state index contributed by atoms with van der Waals surface area (Å²) in [5.74, 6) is 0.286. The molecule has 0 aliphatic carbocycles. The molecule has 1 aliphatic heterocycles. The van der Waals surface area contributed by atoms with Gasteiger partial charge in [0.05, 0.1) is 4.90 Å². The topological polar surface area (TPSA) is 92.5 Å². The van der Waals surface area contributed by atoms with Crippen molar-refractivity contribution in [2.24, 2.45) is 11.7 Å². The largest absolute Gasteiger partial charge is 0.356 e. The smallest absolute Gasteiger partial charge is 0.243 e. The van der Waals surface area contributed by atoms with Gasteiger partial charge in [0.15, 0.2) is 0 Å². The van der Waals surface area contributed by atoms with Crippen LogP contribution < -0.4 is 11.1 Å².